The van der Waals surface area contributed by atoms with Gasteiger partial charge in [-0.1, -0.05) is 13.3 Å². The number of ketones is 1. The highest BCUT2D eigenvalue weighted by atomic mass is 19.1. The van der Waals surface area contributed by atoms with E-state index in [0.29, 0.717) is 18.8 Å². The molecule has 1 aliphatic rings. The molecular formula is C8H13FO. The quantitative estimate of drug-likeness (QED) is 0.550. The molecule has 1 rings (SSSR count). The van der Waals surface area contributed by atoms with Crippen LogP contribution in [0.5, 0.6) is 0 Å². The molecule has 0 radical (unpaired) electrons. The summed E-state index contributed by atoms with van der Waals surface area (Å²) < 4.78 is 12.7. The van der Waals surface area contributed by atoms with Gasteiger partial charge < -0.3 is 0 Å². The fourth-order valence-corrected chi connectivity index (χ4v) is 1.42. The summed E-state index contributed by atoms with van der Waals surface area (Å²) in [5.41, 5.74) is 0. The van der Waals surface area contributed by atoms with Crippen molar-refractivity contribution in [3.8, 4) is 0 Å². The highest BCUT2D eigenvalue weighted by Crippen LogP contribution is 2.25. The molecule has 0 aromatic rings. The molecule has 2 unspecified atom stereocenters. The number of Topliss-reactive ketones (excluding diaryl/α,β-unsaturated/α-hetero) is 1. The summed E-state index contributed by atoms with van der Waals surface area (Å²) in [5, 5.41) is 0. The molecule has 0 saturated heterocycles. The second kappa shape index (κ2) is 3.13. The largest absolute Gasteiger partial charge is 0.296 e. The monoisotopic (exact) mass is 144 g/mol. The lowest BCUT2D eigenvalue weighted by molar-refractivity contribution is -0.126. The summed E-state index contributed by atoms with van der Waals surface area (Å²) in [6.07, 6.45) is 1.68. The first-order chi connectivity index (χ1) is 4.74. The van der Waals surface area contributed by atoms with Gasteiger partial charge in [0, 0.05) is 6.42 Å². The van der Waals surface area contributed by atoms with Crippen molar-refractivity contribution in [2.45, 2.75) is 38.8 Å². The van der Waals surface area contributed by atoms with Crippen molar-refractivity contribution in [3.05, 3.63) is 0 Å². The van der Waals surface area contributed by atoms with Crippen molar-refractivity contribution in [2.75, 3.05) is 0 Å². The van der Waals surface area contributed by atoms with Crippen LogP contribution in [0.3, 0.4) is 0 Å². The number of alkyl halides is 1. The number of hydrogen-bond donors (Lipinski definition) is 0. The fraction of sp³-hybridized carbons (Fsp3) is 0.875. The smallest absolute Gasteiger partial charge is 0.166 e. The van der Waals surface area contributed by atoms with Gasteiger partial charge in [-0.15, -0.1) is 0 Å². The fourth-order valence-electron chi connectivity index (χ4n) is 1.42. The van der Waals surface area contributed by atoms with Crippen LogP contribution in [0.4, 0.5) is 4.39 Å². The molecule has 0 amide bonds. The van der Waals surface area contributed by atoms with Gasteiger partial charge in [0.2, 0.25) is 0 Å². The molecule has 10 heavy (non-hydrogen) atoms. The second-order valence-corrected chi connectivity index (χ2v) is 2.98. The van der Waals surface area contributed by atoms with Crippen LogP contribution in [0.1, 0.15) is 32.6 Å². The standard InChI is InChI=1S/C8H13FO/c1-2-6-3-4-8(10)7(9)5-6/h6-7H,2-5H2,1H3. The molecule has 0 bridgehead atoms. The average Bonchev–Trinajstić information content (AvgIpc) is 1.95. The summed E-state index contributed by atoms with van der Waals surface area (Å²) in [6.45, 7) is 2.05. The predicted octanol–water partition coefficient (Wildman–Crippen LogP) is 2.10. The van der Waals surface area contributed by atoms with E-state index in [1.165, 1.54) is 0 Å². The number of hydrogen-bond acceptors (Lipinski definition) is 1. The van der Waals surface area contributed by atoms with Crippen LogP contribution in [0.25, 0.3) is 0 Å². The van der Waals surface area contributed by atoms with Crippen molar-refractivity contribution in [1.29, 1.82) is 0 Å². The average molecular weight is 144 g/mol. The Morgan fingerprint density at radius 2 is 2.40 bits per heavy atom. The molecule has 0 heterocycles. The van der Waals surface area contributed by atoms with Crippen molar-refractivity contribution < 1.29 is 9.18 Å². The van der Waals surface area contributed by atoms with E-state index in [4.69, 9.17) is 0 Å². The minimum Gasteiger partial charge on any atom is -0.296 e. The molecule has 0 spiro atoms. The minimum atomic E-state index is -1.15. The van der Waals surface area contributed by atoms with Gasteiger partial charge in [0.15, 0.2) is 12.0 Å². The van der Waals surface area contributed by atoms with Gasteiger partial charge in [-0.2, -0.15) is 0 Å². The van der Waals surface area contributed by atoms with Gasteiger partial charge in [0.25, 0.3) is 0 Å². The summed E-state index contributed by atoms with van der Waals surface area (Å²) in [4.78, 5) is 10.7. The van der Waals surface area contributed by atoms with Crippen LogP contribution in [0, 0.1) is 5.92 Å². The number of halogens is 1. The molecule has 1 saturated carbocycles. The Hall–Kier alpha value is -0.400. The van der Waals surface area contributed by atoms with Crippen LogP contribution in [0.2, 0.25) is 0 Å². The maximum absolute atomic E-state index is 12.7. The van der Waals surface area contributed by atoms with Crippen LogP contribution in [-0.4, -0.2) is 12.0 Å². The van der Waals surface area contributed by atoms with Crippen molar-refractivity contribution >= 4 is 5.78 Å². The number of rotatable bonds is 1. The molecule has 2 atom stereocenters. The van der Waals surface area contributed by atoms with E-state index in [1.54, 1.807) is 0 Å². The molecular weight excluding hydrogens is 131 g/mol. The third kappa shape index (κ3) is 1.55. The van der Waals surface area contributed by atoms with Gasteiger partial charge >= 0.3 is 0 Å². The van der Waals surface area contributed by atoms with Crippen LogP contribution in [-0.2, 0) is 4.79 Å². The molecule has 2 heteroatoms. The van der Waals surface area contributed by atoms with E-state index in [1.807, 2.05) is 6.92 Å². The Morgan fingerprint density at radius 3 is 2.90 bits per heavy atom. The van der Waals surface area contributed by atoms with E-state index in [2.05, 4.69) is 0 Å². The van der Waals surface area contributed by atoms with Crippen molar-refractivity contribution in [3.63, 3.8) is 0 Å². The van der Waals surface area contributed by atoms with E-state index in [9.17, 15) is 9.18 Å². The first-order valence-electron chi connectivity index (χ1n) is 3.90. The minimum absolute atomic E-state index is 0.190. The molecule has 0 N–H and O–H groups in total. The third-order valence-corrected chi connectivity index (χ3v) is 2.27. The van der Waals surface area contributed by atoms with Gasteiger partial charge in [0.1, 0.15) is 0 Å². The van der Waals surface area contributed by atoms with E-state index in [0.717, 1.165) is 12.8 Å². The summed E-state index contributed by atoms with van der Waals surface area (Å²) in [5.74, 6) is 0.261. The Labute approximate surface area is 60.6 Å². The lowest BCUT2D eigenvalue weighted by Crippen LogP contribution is -2.25. The molecule has 0 aromatic carbocycles. The Morgan fingerprint density at radius 1 is 1.70 bits per heavy atom. The maximum atomic E-state index is 12.7. The highest BCUT2D eigenvalue weighted by Gasteiger charge is 2.26. The summed E-state index contributed by atoms with van der Waals surface area (Å²) >= 11 is 0. The lowest BCUT2D eigenvalue weighted by Gasteiger charge is -2.21. The molecule has 0 aliphatic heterocycles. The Bertz CT molecular complexity index is 133. The molecule has 1 aliphatic carbocycles. The molecule has 1 nitrogen and oxygen atoms in total. The Kier molecular flexibility index (Phi) is 2.41. The second-order valence-electron chi connectivity index (χ2n) is 2.98. The molecule has 1 fully saturated rings. The molecule has 0 aromatic heterocycles. The van der Waals surface area contributed by atoms with Crippen molar-refractivity contribution in [1.82, 2.24) is 0 Å². The predicted molar refractivity (Wildman–Crippen MR) is 37.5 cm³/mol. The van der Waals surface area contributed by atoms with E-state index < -0.39 is 6.17 Å². The van der Waals surface area contributed by atoms with Crippen LogP contribution in [0.15, 0.2) is 0 Å². The van der Waals surface area contributed by atoms with Crippen LogP contribution < -0.4 is 0 Å². The van der Waals surface area contributed by atoms with E-state index in [-0.39, 0.29) is 5.78 Å². The SMILES string of the molecule is CCC1CCC(=O)C(F)C1. The highest BCUT2D eigenvalue weighted by molar-refractivity contribution is 5.83. The lowest BCUT2D eigenvalue weighted by atomic mass is 9.86. The van der Waals surface area contributed by atoms with Crippen LogP contribution >= 0.6 is 0 Å². The summed E-state index contributed by atoms with van der Waals surface area (Å²) in [7, 11) is 0. The van der Waals surface area contributed by atoms with Gasteiger partial charge in [-0.3, -0.25) is 4.79 Å². The van der Waals surface area contributed by atoms with E-state index >= 15 is 0 Å². The zero-order chi connectivity index (χ0) is 7.56. The van der Waals surface area contributed by atoms with Gasteiger partial charge in [-0.25, -0.2) is 4.39 Å². The zero-order valence-electron chi connectivity index (χ0n) is 6.27. The first kappa shape index (κ1) is 7.70. The molecule has 58 valence electrons. The maximum Gasteiger partial charge on any atom is 0.166 e. The number of carbonyl (C=O) groups is 1. The first-order valence-corrected chi connectivity index (χ1v) is 3.90. The Balaban J connectivity index is 2.40. The summed E-state index contributed by atoms with van der Waals surface area (Å²) in [6, 6.07) is 0. The van der Waals surface area contributed by atoms with Gasteiger partial charge in [-0.05, 0) is 18.8 Å². The van der Waals surface area contributed by atoms with Crippen molar-refractivity contribution in [2.24, 2.45) is 5.92 Å². The normalized spacial score (nSPS) is 34.4. The van der Waals surface area contributed by atoms with Gasteiger partial charge in [0.05, 0.1) is 0 Å². The third-order valence-electron chi connectivity index (χ3n) is 2.27. The topological polar surface area (TPSA) is 17.1 Å². The number of carbonyl (C=O) groups excluding carboxylic acids is 1. The zero-order valence-corrected chi connectivity index (χ0v) is 6.27.